The van der Waals surface area contributed by atoms with Crippen LogP contribution in [-0.4, -0.2) is 26.0 Å². The quantitative estimate of drug-likeness (QED) is 0.618. The molecule has 2 aromatic rings. The van der Waals surface area contributed by atoms with Crippen molar-refractivity contribution in [1.82, 2.24) is 4.72 Å². The molecular formula is C15H16N2O5S. The highest BCUT2D eigenvalue weighted by atomic mass is 32.2. The van der Waals surface area contributed by atoms with E-state index in [0.717, 1.165) is 6.07 Å². The Kier molecular flexibility index (Phi) is 5.30. The molecule has 0 aliphatic heterocycles. The summed E-state index contributed by atoms with van der Waals surface area (Å²) in [5.74, 6) is 0.616. The Morgan fingerprint density at radius 3 is 2.39 bits per heavy atom. The minimum atomic E-state index is -3.99. The van der Waals surface area contributed by atoms with Gasteiger partial charge in [-0.05, 0) is 25.1 Å². The minimum Gasteiger partial charge on any atom is -0.489 e. The van der Waals surface area contributed by atoms with Crippen LogP contribution in [-0.2, 0) is 10.0 Å². The highest BCUT2D eigenvalue weighted by molar-refractivity contribution is 7.89. The lowest BCUT2D eigenvalue weighted by Gasteiger charge is -2.15. The van der Waals surface area contributed by atoms with Crippen molar-refractivity contribution in [3.8, 4) is 5.75 Å². The third-order valence-corrected chi connectivity index (χ3v) is 4.46. The monoisotopic (exact) mass is 336 g/mol. The summed E-state index contributed by atoms with van der Waals surface area (Å²) in [6.45, 7) is 1.69. The Labute approximate surface area is 134 Å². The summed E-state index contributed by atoms with van der Waals surface area (Å²) in [6.07, 6.45) is -0.435. The molecule has 1 unspecified atom stereocenters. The number of benzene rings is 2. The predicted octanol–water partition coefficient (Wildman–Crippen LogP) is 2.34. The number of nitrogens with zero attached hydrogens (tertiary/aromatic N) is 1. The van der Waals surface area contributed by atoms with Crippen molar-refractivity contribution < 1.29 is 18.1 Å². The van der Waals surface area contributed by atoms with Crippen LogP contribution in [0.4, 0.5) is 5.69 Å². The van der Waals surface area contributed by atoms with Crippen LogP contribution in [0.15, 0.2) is 59.5 Å². The number of hydrogen-bond acceptors (Lipinski definition) is 5. The summed E-state index contributed by atoms with van der Waals surface area (Å²) in [5, 5.41) is 10.9. The average Bonchev–Trinajstić information content (AvgIpc) is 2.54. The van der Waals surface area contributed by atoms with Crippen LogP contribution in [0.1, 0.15) is 6.92 Å². The van der Waals surface area contributed by atoms with Crippen LogP contribution in [0.5, 0.6) is 5.75 Å². The van der Waals surface area contributed by atoms with Crippen LogP contribution in [0.3, 0.4) is 0 Å². The summed E-state index contributed by atoms with van der Waals surface area (Å²) in [6, 6.07) is 14.2. The van der Waals surface area contributed by atoms with Crippen molar-refractivity contribution in [1.29, 1.82) is 0 Å². The maximum absolute atomic E-state index is 12.2. The molecule has 0 spiro atoms. The summed E-state index contributed by atoms with van der Waals surface area (Å²) in [7, 11) is -3.99. The fraction of sp³-hybridized carbons (Fsp3) is 0.200. The number of ether oxygens (including phenoxy) is 1. The number of hydrogen-bond donors (Lipinski definition) is 1. The van der Waals surface area contributed by atoms with Crippen LogP contribution >= 0.6 is 0 Å². The summed E-state index contributed by atoms with van der Waals surface area (Å²) in [5.41, 5.74) is -0.461. The zero-order valence-corrected chi connectivity index (χ0v) is 13.2. The summed E-state index contributed by atoms with van der Waals surface area (Å²) < 4.78 is 32.4. The third-order valence-electron chi connectivity index (χ3n) is 2.99. The molecule has 122 valence electrons. The molecular weight excluding hydrogens is 320 g/mol. The van der Waals surface area contributed by atoms with Crippen molar-refractivity contribution in [3.63, 3.8) is 0 Å². The van der Waals surface area contributed by atoms with Crippen molar-refractivity contribution >= 4 is 15.7 Å². The Bertz CT molecular complexity index is 777. The number of nitro benzene ring substituents is 1. The number of sulfonamides is 1. The number of nitro groups is 1. The first kappa shape index (κ1) is 16.9. The third kappa shape index (κ3) is 4.51. The largest absolute Gasteiger partial charge is 0.489 e. The molecule has 1 N–H and O–H groups in total. The van der Waals surface area contributed by atoms with Crippen molar-refractivity contribution in [2.24, 2.45) is 0 Å². The zero-order chi connectivity index (χ0) is 16.9. The standard InChI is InChI=1S/C15H16N2O5S/c1-12(22-13-7-3-2-4-8-13)11-16-23(20,21)15-10-6-5-9-14(15)17(18)19/h2-10,12,16H,11H2,1H3. The van der Waals surface area contributed by atoms with E-state index in [-0.39, 0.29) is 11.4 Å². The molecule has 0 aliphatic rings. The fourth-order valence-electron chi connectivity index (χ4n) is 1.91. The maximum Gasteiger partial charge on any atom is 0.289 e. The lowest BCUT2D eigenvalue weighted by Crippen LogP contribution is -2.33. The van der Waals surface area contributed by atoms with Crippen LogP contribution in [0.25, 0.3) is 0 Å². The van der Waals surface area contributed by atoms with E-state index in [4.69, 9.17) is 4.74 Å². The summed E-state index contributed by atoms with van der Waals surface area (Å²) in [4.78, 5) is 9.85. The minimum absolute atomic E-state index is 0.0106. The highest BCUT2D eigenvalue weighted by Gasteiger charge is 2.25. The number of para-hydroxylation sites is 2. The molecule has 7 nitrogen and oxygen atoms in total. The molecule has 1 atom stereocenters. The summed E-state index contributed by atoms with van der Waals surface area (Å²) >= 11 is 0. The second-order valence-corrected chi connectivity index (χ2v) is 6.55. The van der Waals surface area contributed by atoms with Gasteiger partial charge in [0.1, 0.15) is 11.9 Å². The first-order valence-electron chi connectivity index (χ1n) is 6.85. The molecule has 0 aliphatic carbocycles. The van der Waals surface area contributed by atoms with Crippen LogP contribution < -0.4 is 9.46 Å². The van der Waals surface area contributed by atoms with E-state index >= 15 is 0 Å². The molecule has 23 heavy (non-hydrogen) atoms. The molecule has 2 aromatic carbocycles. The average molecular weight is 336 g/mol. The lowest BCUT2D eigenvalue weighted by atomic mass is 10.3. The lowest BCUT2D eigenvalue weighted by molar-refractivity contribution is -0.387. The smallest absolute Gasteiger partial charge is 0.289 e. The van der Waals surface area contributed by atoms with E-state index in [9.17, 15) is 18.5 Å². The fourth-order valence-corrected chi connectivity index (χ4v) is 3.20. The van der Waals surface area contributed by atoms with Crippen molar-refractivity contribution in [3.05, 3.63) is 64.7 Å². The molecule has 0 heterocycles. The van der Waals surface area contributed by atoms with Gasteiger partial charge < -0.3 is 4.74 Å². The van der Waals surface area contributed by atoms with Gasteiger partial charge in [0.05, 0.1) is 4.92 Å². The first-order valence-corrected chi connectivity index (χ1v) is 8.33. The van der Waals surface area contributed by atoms with E-state index in [0.29, 0.717) is 5.75 Å². The Balaban J connectivity index is 2.06. The van der Waals surface area contributed by atoms with Crippen LogP contribution in [0.2, 0.25) is 0 Å². The molecule has 2 rings (SSSR count). The highest BCUT2D eigenvalue weighted by Crippen LogP contribution is 2.22. The van der Waals surface area contributed by atoms with Gasteiger partial charge in [-0.3, -0.25) is 10.1 Å². The van der Waals surface area contributed by atoms with Gasteiger partial charge in [0, 0.05) is 12.6 Å². The van der Waals surface area contributed by atoms with E-state index in [1.165, 1.54) is 18.2 Å². The molecule has 0 saturated carbocycles. The number of rotatable bonds is 7. The SMILES string of the molecule is CC(CNS(=O)(=O)c1ccccc1[N+](=O)[O-])Oc1ccccc1. The molecule has 8 heteroatoms. The maximum atomic E-state index is 12.2. The molecule has 0 saturated heterocycles. The second-order valence-electron chi connectivity index (χ2n) is 4.82. The first-order chi connectivity index (χ1) is 10.9. The van der Waals surface area contributed by atoms with Crippen molar-refractivity contribution in [2.75, 3.05) is 6.54 Å². The molecule has 0 radical (unpaired) electrons. The van der Waals surface area contributed by atoms with E-state index < -0.39 is 26.7 Å². The van der Waals surface area contributed by atoms with Gasteiger partial charge >= 0.3 is 0 Å². The topological polar surface area (TPSA) is 98.5 Å². The molecule has 0 amide bonds. The number of nitrogens with one attached hydrogen (secondary N) is 1. The van der Waals surface area contributed by atoms with Gasteiger partial charge in [-0.15, -0.1) is 0 Å². The van der Waals surface area contributed by atoms with Gasteiger partial charge in [-0.1, -0.05) is 30.3 Å². The second kappa shape index (κ2) is 7.21. The van der Waals surface area contributed by atoms with Crippen molar-refractivity contribution in [2.45, 2.75) is 17.9 Å². The van der Waals surface area contributed by atoms with Gasteiger partial charge in [0.25, 0.3) is 5.69 Å². The van der Waals surface area contributed by atoms with Gasteiger partial charge in [-0.2, -0.15) is 0 Å². The molecule has 0 aromatic heterocycles. The predicted molar refractivity (Wildman–Crippen MR) is 84.8 cm³/mol. The van der Waals surface area contributed by atoms with Gasteiger partial charge in [-0.25, -0.2) is 13.1 Å². The van der Waals surface area contributed by atoms with E-state index in [1.807, 2.05) is 6.07 Å². The molecule has 0 fully saturated rings. The van der Waals surface area contributed by atoms with Crippen LogP contribution in [0, 0.1) is 10.1 Å². The normalized spacial score (nSPS) is 12.6. The zero-order valence-electron chi connectivity index (χ0n) is 12.4. The van der Waals surface area contributed by atoms with Gasteiger partial charge in [0.2, 0.25) is 10.0 Å². The van der Waals surface area contributed by atoms with Gasteiger partial charge in [0.15, 0.2) is 4.90 Å². The Morgan fingerprint density at radius 2 is 1.74 bits per heavy atom. The van der Waals surface area contributed by atoms with E-state index in [2.05, 4.69) is 4.72 Å². The Hall–Kier alpha value is -2.45. The molecule has 0 bridgehead atoms. The van der Waals surface area contributed by atoms with E-state index in [1.54, 1.807) is 31.2 Å². The Morgan fingerprint density at radius 1 is 1.13 bits per heavy atom.